The SMILES string of the molecule is C=CCN(c1ccc(OC)cc1)S(=O)(=O)CC(=O)OC. The van der Waals surface area contributed by atoms with Crippen LogP contribution in [0.4, 0.5) is 5.69 Å². The number of hydrogen-bond donors (Lipinski definition) is 0. The summed E-state index contributed by atoms with van der Waals surface area (Å²) in [7, 11) is -1.16. The fourth-order valence-corrected chi connectivity index (χ4v) is 2.88. The zero-order valence-electron chi connectivity index (χ0n) is 11.4. The van der Waals surface area contributed by atoms with Gasteiger partial charge in [-0.2, -0.15) is 0 Å². The molecular weight excluding hydrogens is 282 g/mol. The first-order chi connectivity index (χ1) is 9.44. The Morgan fingerprint density at radius 3 is 2.35 bits per heavy atom. The van der Waals surface area contributed by atoms with Gasteiger partial charge in [-0.05, 0) is 24.3 Å². The van der Waals surface area contributed by atoms with Gasteiger partial charge in [-0.1, -0.05) is 6.08 Å². The molecule has 0 N–H and O–H groups in total. The van der Waals surface area contributed by atoms with Gasteiger partial charge in [-0.3, -0.25) is 9.10 Å². The summed E-state index contributed by atoms with van der Waals surface area (Å²) >= 11 is 0. The highest BCUT2D eigenvalue weighted by Gasteiger charge is 2.25. The zero-order chi connectivity index (χ0) is 15.2. The van der Waals surface area contributed by atoms with Gasteiger partial charge < -0.3 is 9.47 Å². The van der Waals surface area contributed by atoms with Gasteiger partial charge in [0.25, 0.3) is 0 Å². The molecular formula is C13H17NO5S. The average molecular weight is 299 g/mol. The van der Waals surface area contributed by atoms with Crippen molar-refractivity contribution in [2.75, 3.05) is 30.8 Å². The Morgan fingerprint density at radius 2 is 1.90 bits per heavy atom. The number of anilines is 1. The molecule has 0 radical (unpaired) electrons. The Labute approximate surface area is 118 Å². The predicted molar refractivity (Wildman–Crippen MR) is 76.3 cm³/mol. The van der Waals surface area contributed by atoms with Gasteiger partial charge in [0.05, 0.1) is 26.5 Å². The molecule has 1 aromatic rings. The lowest BCUT2D eigenvalue weighted by atomic mass is 10.3. The van der Waals surface area contributed by atoms with Crippen molar-refractivity contribution >= 4 is 21.7 Å². The van der Waals surface area contributed by atoms with Gasteiger partial charge in [0.1, 0.15) is 5.75 Å². The van der Waals surface area contributed by atoms with E-state index >= 15 is 0 Å². The van der Waals surface area contributed by atoms with Crippen LogP contribution in [-0.2, 0) is 19.6 Å². The maximum absolute atomic E-state index is 12.2. The molecule has 0 amide bonds. The van der Waals surface area contributed by atoms with Gasteiger partial charge in [0.2, 0.25) is 10.0 Å². The second-order valence-electron chi connectivity index (χ2n) is 3.85. The molecule has 20 heavy (non-hydrogen) atoms. The van der Waals surface area contributed by atoms with Crippen molar-refractivity contribution < 1.29 is 22.7 Å². The number of esters is 1. The van der Waals surface area contributed by atoms with Crippen LogP contribution >= 0.6 is 0 Å². The van der Waals surface area contributed by atoms with Gasteiger partial charge in [-0.15, -0.1) is 6.58 Å². The number of nitrogens with zero attached hydrogens (tertiary/aromatic N) is 1. The molecule has 1 rings (SSSR count). The molecule has 0 saturated carbocycles. The van der Waals surface area contributed by atoms with Crippen LogP contribution in [-0.4, -0.2) is 40.9 Å². The minimum Gasteiger partial charge on any atom is -0.497 e. The first-order valence-corrected chi connectivity index (χ1v) is 7.37. The number of ether oxygens (including phenoxy) is 2. The monoisotopic (exact) mass is 299 g/mol. The molecule has 0 atom stereocenters. The van der Waals surface area contributed by atoms with Gasteiger partial charge in [-0.25, -0.2) is 8.42 Å². The number of benzene rings is 1. The van der Waals surface area contributed by atoms with Crippen molar-refractivity contribution in [1.29, 1.82) is 0 Å². The quantitative estimate of drug-likeness (QED) is 0.558. The molecule has 0 bridgehead atoms. The van der Waals surface area contributed by atoms with E-state index in [0.717, 1.165) is 11.4 Å². The van der Waals surface area contributed by atoms with Crippen LogP contribution in [0.15, 0.2) is 36.9 Å². The zero-order valence-corrected chi connectivity index (χ0v) is 12.2. The topological polar surface area (TPSA) is 72.9 Å². The average Bonchev–Trinajstić information content (AvgIpc) is 2.44. The van der Waals surface area contributed by atoms with Crippen molar-refractivity contribution in [3.05, 3.63) is 36.9 Å². The van der Waals surface area contributed by atoms with Crippen molar-refractivity contribution in [1.82, 2.24) is 0 Å². The normalized spacial score (nSPS) is 10.7. The van der Waals surface area contributed by atoms with Crippen LogP contribution in [0, 0.1) is 0 Å². The smallest absolute Gasteiger partial charge is 0.322 e. The van der Waals surface area contributed by atoms with Gasteiger partial charge in [0, 0.05) is 0 Å². The summed E-state index contributed by atoms with van der Waals surface area (Å²) in [5.74, 6) is -0.922. The fraction of sp³-hybridized carbons (Fsp3) is 0.308. The highest BCUT2D eigenvalue weighted by molar-refractivity contribution is 7.93. The molecule has 0 unspecified atom stereocenters. The maximum atomic E-state index is 12.2. The number of rotatable bonds is 7. The first-order valence-electron chi connectivity index (χ1n) is 5.76. The number of carbonyl (C=O) groups is 1. The van der Waals surface area contributed by atoms with Crippen LogP contribution in [0.1, 0.15) is 0 Å². The molecule has 0 fully saturated rings. The largest absolute Gasteiger partial charge is 0.497 e. The van der Waals surface area contributed by atoms with E-state index in [2.05, 4.69) is 11.3 Å². The Kier molecular flexibility index (Phi) is 5.57. The van der Waals surface area contributed by atoms with E-state index in [1.165, 1.54) is 13.2 Å². The summed E-state index contributed by atoms with van der Waals surface area (Å²) in [5.41, 5.74) is 0.426. The van der Waals surface area contributed by atoms with Crippen molar-refractivity contribution in [2.24, 2.45) is 0 Å². The number of carbonyl (C=O) groups excluding carboxylic acids is 1. The third-order valence-corrected chi connectivity index (χ3v) is 4.15. The van der Waals surface area contributed by atoms with E-state index < -0.39 is 21.7 Å². The molecule has 0 aromatic heterocycles. The molecule has 6 nitrogen and oxygen atoms in total. The molecule has 0 saturated heterocycles. The maximum Gasteiger partial charge on any atom is 0.322 e. The van der Waals surface area contributed by atoms with E-state index in [1.54, 1.807) is 24.3 Å². The van der Waals surface area contributed by atoms with E-state index in [-0.39, 0.29) is 6.54 Å². The van der Waals surface area contributed by atoms with Gasteiger partial charge in [0.15, 0.2) is 5.75 Å². The van der Waals surface area contributed by atoms with Crippen LogP contribution in [0.5, 0.6) is 5.75 Å². The molecule has 1 aromatic carbocycles. The van der Waals surface area contributed by atoms with E-state index in [9.17, 15) is 13.2 Å². The molecule has 0 aliphatic rings. The Hall–Kier alpha value is -2.02. The summed E-state index contributed by atoms with van der Waals surface area (Å²) in [6, 6.07) is 6.46. The van der Waals surface area contributed by atoms with Crippen molar-refractivity contribution in [3.8, 4) is 5.75 Å². The Morgan fingerprint density at radius 1 is 1.30 bits per heavy atom. The third kappa shape index (κ3) is 3.99. The van der Waals surface area contributed by atoms with E-state index in [4.69, 9.17) is 4.74 Å². The minimum atomic E-state index is -3.82. The number of methoxy groups -OCH3 is 2. The third-order valence-electron chi connectivity index (χ3n) is 2.52. The van der Waals surface area contributed by atoms with E-state index in [0.29, 0.717) is 11.4 Å². The Bertz CT molecular complexity index is 565. The van der Waals surface area contributed by atoms with Crippen LogP contribution < -0.4 is 9.04 Å². The highest BCUT2D eigenvalue weighted by atomic mass is 32.2. The Balaban J connectivity index is 3.09. The minimum absolute atomic E-state index is 0.0612. The van der Waals surface area contributed by atoms with Crippen molar-refractivity contribution in [3.63, 3.8) is 0 Å². The van der Waals surface area contributed by atoms with Crippen molar-refractivity contribution in [2.45, 2.75) is 0 Å². The lowest BCUT2D eigenvalue weighted by Gasteiger charge is -2.22. The number of hydrogen-bond acceptors (Lipinski definition) is 5. The van der Waals surface area contributed by atoms with Gasteiger partial charge >= 0.3 is 5.97 Å². The fourth-order valence-electron chi connectivity index (χ4n) is 1.53. The first kappa shape index (κ1) is 16.0. The lowest BCUT2D eigenvalue weighted by Crippen LogP contribution is -2.36. The van der Waals surface area contributed by atoms with Crippen LogP contribution in [0.25, 0.3) is 0 Å². The second kappa shape index (κ2) is 6.95. The van der Waals surface area contributed by atoms with Crippen LogP contribution in [0.2, 0.25) is 0 Å². The summed E-state index contributed by atoms with van der Waals surface area (Å²) in [6.45, 7) is 3.59. The summed E-state index contributed by atoms with van der Waals surface area (Å²) in [5, 5.41) is 0. The van der Waals surface area contributed by atoms with Crippen LogP contribution in [0.3, 0.4) is 0 Å². The predicted octanol–water partition coefficient (Wildman–Crippen LogP) is 1.19. The molecule has 7 heteroatoms. The highest BCUT2D eigenvalue weighted by Crippen LogP contribution is 2.22. The lowest BCUT2D eigenvalue weighted by molar-refractivity contribution is -0.137. The summed E-state index contributed by atoms with van der Waals surface area (Å²) < 4.78 is 34.9. The summed E-state index contributed by atoms with van der Waals surface area (Å²) in [4.78, 5) is 11.2. The molecule has 0 heterocycles. The molecule has 0 aliphatic carbocycles. The van der Waals surface area contributed by atoms with E-state index in [1.807, 2.05) is 0 Å². The molecule has 0 spiro atoms. The molecule has 0 aliphatic heterocycles. The number of sulfonamides is 1. The standard InChI is InChI=1S/C13H17NO5S/c1-4-9-14(20(16,17)10-13(15)19-3)11-5-7-12(18-2)8-6-11/h4-8H,1,9-10H2,2-3H3. The molecule has 110 valence electrons. The summed E-state index contributed by atoms with van der Waals surface area (Å²) in [6.07, 6.45) is 1.44. The second-order valence-corrected chi connectivity index (χ2v) is 5.74.